The van der Waals surface area contributed by atoms with Gasteiger partial charge in [-0.3, -0.25) is 9.59 Å². The third kappa shape index (κ3) is 38.7. The van der Waals surface area contributed by atoms with Gasteiger partial charge < -0.3 is 20.3 Å². The first-order chi connectivity index (χ1) is 27.5. The van der Waals surface area contributed by atoms with Crippen LogP contribution in [0.25, 0.3) is 0 Å². The van der Waals surface area contributed by atoms with Gasteiger partial charge in [0.1, 0.15) is 6.10 Å². The van der Waals surface area contributed by atoms with Gasteiger partial charge in [-0.1, -0.05) is 223 Å². The van der Waals surface area contributed by atoms with Crippen molar-refractivity contribution in [3.05, 3.63) is 48.6 Å². The second kappa shape index (κ2) is 43.9. The molecular formula is C50H91NO5. The number of hydrogen-bond donors (Lipinski definition) is 3. The molecule has 0 radical (unpaired) electrons. The van der Waals surface area contributed by atoms with E-state index in [9.17, 15) is 19.8 Å². The Kier molecular flexibility index (Phi) is 42.2. The summed E-state index contributed by atoms with van der Waals surface area (Å²) in [6.45, 7) is 6.31. The highest BCUT2D eigenvalue weighted by atomic mass is 16.5. The molecular weight excluding hydrogens is 695 g/mol. The third-order valence-corrected chi connectivity index (χ3v) is 10.8. The van der Waals surface area contributed by atoms with E-state index in [2.05, 4.69) is 50.4 Å². The monoisotopic (exact) mass is 786 g/mol. The summed E-state index contributed by atoms with van der Waals surface area (Å²) < 4.78 is 5.90. The molecule has 0 aromatic heterocycles. The lowest BCUT2D eigenvalue weighted by Gasteiger charge is -2.24. The zero-order chi connectivity index (χ0) is 41.0. The van der Waals surface area contributed by atoms with Crippen LogP contribution in [-0.2, 0) is 14.3 Å². The largest absolute Gasteiger partial charge is 0.462 e. The van der Waals surface area contributed by atoms with E-state index >= 15 is 0 Å². The van der Waals surface area contributed by atoms with Crippen molar-refractivity contribution >= 4 is 11.9 Å². The van der Waals surface area contributed by atoms with Gasteiger partial charge in [0.25, 0.3) is 0 Å². The van der Waals surface area contributed by atoms with Crippen LogP contribution < -0.4 is 5.32 Å². The molecule has 0 bridgehead atoms. The zero-order valence-electron chi connectivity index (χ0n) is 37.0. The van der Waals surface area contributed by atoms with Gasteiger partial charge in [0.05, 0.1) is 25.2 Å². The number of rotatable bonds is 42. The maximum absolute atomic E-state index is 13.1. The lowest BCUT2D eigenvalue weighted by molar-refractivity contribution is -0.151. The SMILES string of the molecule is CC/C=C/C=C/C=C\C=C/CCCCCC(=O)OC(CCCCCCCCCCCCCCCCC)CC(=O)NC(CO)C(O)CCCCCCCCCCC. The van der Waals surface area contributed by atoms with Crippen LogP contribution in [-0.4, -0.2) is 46.9 Å². The van der Waals surface area contributed by atoms with Gasteiger partial charge in [-0.25, -0.2) is 0 Å². The van der Waals surface area contributed by atoms with Crippen LogP contribution in [0.2, 0.25) is 0 Å². The van der Waals surface area contributed by atoms with E-state index < -0.39 is 18.2 Å². The number of aliphatic hydroxyl groups is 2. The Balaban J connectivity index is 4.64. The lowest BCUT2D eigenvalue weighted by atomic mass is 10.0. The number of allylic oxidation sites excluding steroid dienone is 8. The number of ether oxygens (including phenoxy) is 1. The molecule has 0 aromatic carbocycles. The van der Waals surface area contributed by atoms with E-state index in [-0.39, 0.29) is 24.9 Å². The minimum absolute atomic E-state index is 0.0635. The normalized spacial score (nSPS) is 13.7. The quantitative estimate of drug-likeness (QED) is 0.0325. The maximum Gasteiger partial charge on any atom is 0.306 e. The summed E-state index contributed by atoms with van der Waals surface area (Å²) in [6, 6.07) is -0.706. The van der Waals surface area contributed by atoms with Crippen LogP contribution in [0.3, 0.4) is 0 Å². The molecule has 3 atom stereocenters. The van der Waals surface area contributed by atoms with Crippen molar-refractivity contribution < 1.29 is 24.5 Å². The fourth-order valence-corrected chi connectivity index (χ4v) is 7.15. The van der Waals surface area contributed by atoms with Crippen LogP contribution in [0.5, 0.6) is 0 Å². The summed E-state index contributed by atoms with van der Waals surface area (Å²) in [7, 11) is 0. The van der Waals surface area contributed by atoms with E-state index in [1.54, 1.807) is 0 Å². The second-order valence-electron chi connectivity index (χ2n) is 16.2. The fourth-order valence-electron chi connectivity index (χ4n) is 7.15. The minimum Gasteiger partial charge on any atom is -0.462 e. The van der Waals surface area contributed by atoms with Gasteiger partial charge in [-0.2, -0.15) is 0 Å². The number of amides is 1. The highest BCUT2D eigenvalue weighted by molar-refractivity contribution is 5.77. The Bertz CT molecular complexity index is 972. The Hall–Kier alpha value is -2.18. The minimum atomic E-state index is -0.791. The van der Waals surface area contributed by atoms with Gasteiger partial charge in [0, 0.05) is 6.42 Å². The van der Waals surface area contributed by atoms with Crippen LogP contribution in [0.4, 0.5) is 0 Å². The van der Waals surface area contributed by atoms with Crippen LogP contribution >= 0.6 is 0 Å². The van der Waals surface area contributed by atoms with Gasteiger partial charge in [-0.15, -0.1) is 0 Å². The molecule has 0 aliphatic rings. The standard InChI is InChI=1S/C50H91NO5/c1-4-7-10-13-16-19-21-23-24-26-27-30-32-35-38-41-46(56-50(55)43-40-37-34-31-28-25-22-20-17-14-11-8-5-2)44-49(54)51-47(45-52)48(53)42-39-36-33-29-18-15-12-9-6-3/h8,11,14,17,20,22,25,28,46-48,52-53H,4-7,9-10,12-13,15-16,18-19,21,23-24,26-27,29-45H2,1-3H3,(H,51,54)/b11-8+,17-14+,22-20-,28-25-. The van der Waals surface area contributed by atoms with Crippen molar-refractivity contribution in [3.63, 3.8) is 0 Å². The predicted octanol–water partition coefficient (Wildman–Crippen LogP) is 13.9. The number of aliphatic hydroxyl groups excluding tert-OH is 2. The van der Waals surface area contributed by atoms with Crippen molar-refractivity contribution in [3.8, 4) is 0 Å². The van der Waals surface area contributed by atoms with Gasteiger partial charge in [-0.05, 0) is 44.9 Å². The third-order valence-electron chi connectivity index (χ3n) is 10.8. The molecule has 0 aromatic rings. The molecule has 0 fully saturated rings. The molecule has 3 unspecified atom stereocenters. The molecule has 326 valence electrons. The first kappa shape index (κ1) is 53.8. The molecule has 6 heteroatoms. The topological polar surface area (TPSA) is 95.9 Å². The molecule has 0 aliphatic heterocycles. The Morgan fingerprint density at radius 3 is 1.45 bits per heavy atom. The molecule has 1 amide bonds. The van der Waals surface area contributed by atoms with E-state index in [0.717, 1.165) is 64.2 Å². The van der Waals surface area contributed by atoms with Crippen molar-refractivity contribution in [2.45, 2.75) is 251 Å². The Labute approximate surface area is 346 Å². The van der Waals surface area contributed by atoms with E-state index in [1.807, 2.05) is 24.3 Å². The maximum atomic E-state index is 13.1. The summed E-state index contributed by atoms with van der Waals surface area (Å²) in [4.78, 5) is 26.0. The van der Waals surface area contributed by atoms with E-state index in [4.69, 9.17) is 4.74 Å². The van der Waals surface area contributed by atoms with Crippen LogP contribution in [0, 0.1) is 0 Å². The van der Waals surface area contributed by atoms with Crippen molar-refractivity contribution in [2.75, 3.05) is 6.61 Å². The Morgan fingerprint density at radius 2 is 0.964 bits per heavy atom. The summed E-state index contributed by atoms with van der Waals surface area (Å²) in [5, 5.41) is 23.6. The first-order valence-corrected chi connectivity index (χ1v) is 23.9. The highest BCUT2D eigenvalue weighted by Crippen LogP contribution is 2.18. The number of carbonyl (C=O) groups excluding carboxylic acids is 2. The number of unbranched alkanes of at least 4 members (excludes halogenated alkanes) is 25. The summed E-state index contributed by atoms with van der Waals surface area (Å²) in [5.74, 6) is -0.516. The molecule has 0 heterocycles. The molecule has 6 nitrogen and oxygen atoms in total. The zero-order valence-corrected chi connectivity index (χ0v) is 37.0. The van der Waals surface area contributed by atoms with Gasteiger partial charge in [0.2, 0.25) is 5.91 Å². The molecule has 56 heavy (non-hydrogen) atoms. The van der Waals surface area contributed by atoms with E-state index in [1.165, 1.54) is 122 Å². The second-order valence-corrected chi connectivity index (χ2v) is 16.2. The molecule has 0 aliphatic carbocycles. The van der Waals surface area contributed by atoms with Crippen molar-refractivity contribution in [1.29, 1.82) is 0 Å². The fraction of sp³-hybridized carbons (Fsp3) is 0.800. The van der Waals surface area contributed by atoms with Crippen molar-refractivity contribution in [2.24, 2.45) is 0 Å². The molecule has 0 spiro atoms. The van der Waals surface area contributed by atoms with Gasteiger partial charge in [0.15, 0.2) is 0 Å². The van der Waals surface area contributed by atoms with Crippen LogP contribution in [0.15, 0.2) is 48.6 Å². The molecule has 0 rings (SSSR count). The molecule has 3 N–H and O–H groups in total. The summed E-state index contributed by atoms with van der Waals surface area (Å²) in [5.41, 5.74) is 0. The van der Waals surface area contributed by atoms with E-state index in [0.29, 0.717) is 19.3 Å². The summed E-state index contributed by atoms with van der Waals surface area (Å²) in [6.07, 6.45) is 51.7. The highest BCUT2D eigenvalue weighted by Gasteiger charge is 2.24. The first-order valence-electron chi connectivity index (χ1n) is 23.9. The smallest absolute Gasteiger partial charge is 0.306 e. The average molecular weight is 786 g/mol. The Morgan fingerprint density at radius 1 is 0.536 bits per heavy atom. The molecule has 0 saturated carbocycles. The lowest BCUT2D eigenvalue weighted by Crippen LogP contribution is -2.46. The predicted molar refractivity (Wildman–Crippen MR) is 241 cm³/mol. The number of carbonyl (C=O) groups is 2. The van der Waals surface area contributed by atoms with Crippen LogP contribution in [0.1, 0.15) is 233 Å². The summed E-state index contributed by atoms with van der Waals surface area (Å²) >= 11 is 0. The van der Waals surface area contributed by atoms with Gasteiger partial charge >= 0.3 is 5.97 Å². The number of hydrogen-bond acceptors (Lipinski definition) is 5. The average Bonchev–Trinajstić information content (AvgIpc) is 3.19. The van der Waals surface area contributed by atoms with Crippen molar-refractivity contribution in [1.82, 2.24) is 5.32 Å². The number of nitrogens with one attached hydrogen (secondary N) is 1. The number of esters is 1. The molecule has 0 saturated heterocycles.